The first-order valence-corrected chi connectivity index (χ1v) is 6.04. The maximum atomic E-state index is 13.3. The highest BCUT2D eigenvalue weighted by Gasteiger charge is 2.32. The predicted molar refractivity (Wildman–Crippen MR) is 67.9 cm³/mol. The van der Waals surface area contributed by atoms with Crippen molar-refractivity contribution < 1.29 is 28.5 Å². The second kappa shape index (κ2) is 6.17. The average Bonchev–Trinajstić information content (AvgIpc) is 2.41. The van der Waals surface area contributed by atoms with Gasteiger partial charge in [-0.1, -0.05) is 6.07 Å². The molecular weight excluding hydrogens is 286 g/mol. The molecule has 1 aliphatic heterocycles. The summed E-state index contributed by atoms with van der Waals surface area (Å²) in [5, 5.41) is 23.8. The van der Waals surface area contributed by atoms with Crippen molar-refractivity contribution in [1.82, 2.24) is 10.6 Å². The highest BCUT2D eigenvalue weighted by Crippen LogP contribution is 2.29. The van der Waals surface area contributed by atoms with Crippen LogP contribution in [-0.2, 0) is 4.74 Å². The number of halogens is 2. The third kappa shape index (κ3) is 3.18. The molecule has 1 aromatic rings. The molecule has 0 saturated heterocycles. The van der Waals surface area contributed by atoms with Gasteiger partial charge in [-0.25, -0.2) is 13.6 Å². The third-order valence-electron chi connectivity index (χ3n) is 3.04. The molecule has 114 valence electrons. The van der Waals surface area contributed by atoms with E-state index in [1.165, 1.54) is 13.2 Å². The van der Waals surface area contributed by atoms with E-state index in [9.17, 15) is 23.8 Å². The average molecular weight is 300 g/mol. The molecule has 1 unspecified atom stereocenters. The standard InChI is InChI=1S/C13H14F2N2O4/c1-21-5-9-10(12(18)19)11(17-13(20)16-9)6-2-3-7(14)8(15)4-6/h2-4,11-12,18-19H,5H2,1H3,(H2,16,17,20). The maximum absolute atomic E-state index is 13.3. The van der Waals surface area contributed by atoms with Gasteiger partial charge >= 0.3 is 6.03 Å². The van der Waals surface area contributed by atoms with Crippen LogP contribution < -0.4 is 10.6 Å². The Kier molecular flexibility index (Phi) is 4.51. The molecule has 4 N–H and O–H groups in total. The van der Waals surface area contributed by atoms with Gasteiger partial charge in [0.15, 0.2) is 17.9 Å². The van der Waals surface area contributed by atoms with Crippen molar-refractivity contribution >= 4 is 6.03 Å². The molecule has 2 rings (SSSR count). The smallest absolute Gasteiger partial charge is 0.319 e. The Morgan fingerprint density at radius 3 is 2.62 bits per heavy atom. The summed E-state index contributed by atoms with van der Waals surface area (Å²) in [6, 6.07) is 1.43. The van der Waals surface area contributed by atoms with E-state index >= 15 is 0 Å². The van der Waals surface area contributed by atoms with Crippen LogP contribution in [0.3, 0.4) is 0 Å². The van der Waals surface area contributed by atoms with Crippen molar-refractivity contribution in [3.05, 3.63) is 46.7 Å². The number of rotatable bonds is 4. The monoisotopic (exact) mass is 300 g/mol. The minimum absolute atomic E-state index is 0.00228. The van der Waals surface area contributed by atoms with Crippen LogP contribution in [0, 0.1) is 11.6 Å². The molecule has 0 radical (unpaired) electrons. The van der Waals surface area contributed by atoms with Gasteiger partial charge in [0.1, 0.15) is 0 Å². The fraction of sp³-hybridized carbons (Fsp3) is 0.308. The van der Waals surface area contributed by atoms with Crippen molar-refractivity contribution in [2.45, 2.75) is 12.3 Å². The zero-order chi connectivity index (χ0) is 15.6. The zero-order valence-corrected chi connectivity index (χ0v) is 11.1. The van der Waals surface area contributed by atoms with Gasteiger partial charge in [-0.3, -0.25) is 0 Å². The van der Waals surface area contributed by atoms with Crippen molar-refractivity contribution in [3.8, 4) is 0 Å². The number of aliphatic hydroxyl groups is 2. The van der Waals surface area contributed by atoms with Crippen molar-refractivity contribution in [3.63, 3.8) is 0 Å². The molecule has 0 spiro atoms. The number of carbonyl (C=O) groups excluding carboxylic acids is 1. The van der Waals surface area contributed by atoms with Gasteiger partial charge in [0.2, 0.25) is 0 Å². The van der Waals surface area contributed by atoms with E-state index in [4.69, 9.17) is 4.74 Å². The van der Waals surface area contributed by atoms with E-state index in [0.29, 0.717) is 0 Å². The number of hydrogen-bond donors (Lipinski definition) is 4. The number of aliphatic hydroxyl groups excluding tert-OH is 1. The molecule has 8 heteroatoms. The molecule has 21 heavy (non-hydrogen) atoms. The summed E-state index contributed by atoms with van der Waals surface area (Å²) in [5.41, 5.74) is 0.342. The van der Waals surface area contributed by atoms with E-state index in [-0.39, 0.29) is 23.4 Å². The fourth-order valence-electron chi connectivity index (χ4n) is 2.15. The Balaban J connectivity index is 2.49. The number of ether oxygens (including phenoxy) is 1. The lowest BCUT2D eigenvalue weighted by atomic mass is 9.94. The topological polar surface area (TPSA) is 90.8 Å². The Morgan fingerprint density at radius 2 is 2.05 bits per heavy atom. The molecule has 1 atom stereocenters. The summed E-state index contributed by atoms with van der Waals surface area (Å²) in [4.78, 5) is 11.6. The Hall–Kier alpha value is -2.03. The van der Waals surface area contributed by atoms with Crippen LogP contribution in [0.2, 0.25) is 0 Å². The molecule has 2 amide bonds. The molecule has 0 aliphatic carbocycles. The molecular formula is C13H14F2N2O4. The molecule has 6 nitrogen and oxygen atoms in total. The van der Waals surface area contributed by atoms with E-state index < -0.39 is 30.0 Å². The minimum Gasteiger partial charge on any atom is -0.378 e. The molecule has 1 aromatic carbocycles. The zero-order valence-electron chi connectivity index (χ0n) is 11.1. The van der Waals surface area contributed by atoms with Crippen LogP contribution in [0.25, 0.3) is 0 Å². The van der Waals surface area contributed by atoms with Crippen LogP contribution in [0.4, 0.5) is 13.6 Å². The summed E-state index contributed by atoms with van der Waals surface area (Å²) < 4.78 is 31.2. The van der Waals surface area contributed by atoms with Gasteiger partial charge in [-0.05, 0) is 17.7 Å². The van der Waals surface area contributed by atoms with Gasteiger partial charge in [-0.15, -0.1) is 0 Å². The predicted octanol–water partition coefficient (Wildman–Crippen LogP) is 0.530. The SMILES string of the molecule is COCC1=C(C(O)O)C(c2ccc(F)c(F)c2)NC(=O)N1. The number of carbonyl (C=O) groups is 1. The van der Waals surface area contributed by atoms with E-state index in [1.54, 1.807) is 0 Å². The lowest BCUT2D eigenvalue weighted by molar-refractivity contribution is -0.0157. The van der Waals surface area contributed by atoms with Crippen molar-refractivity contribution in [1.29, 1.82) is 0 Å². The number of amides is 2. The largest absolute Gasteiger partial charge is 0.378 e. The maximum Gasteiger partial charge on any atom is 0.319 e. The van der Waals surface area contributed by atoms with Gasteiger partial charge in [0, 0.05) is 12.7 Å². The van der Waals surface area contributed by atoms with Crippen LogP contribution in [-0.4, -0.2) is 36.3 Å². The van der Waals surface area contributed by atoms with E-state index in [1.807, 2.05) is 0 Å². The molecule has 1 heterocycles. The highest BCUT2D eigenvalue weighted by molar-refractivity contribution is 5.79. The van der Waals surface area contributed by atoms with Crippen molar-refractivity contribution in [2.24, 2.45) is 0 Å². The summed E-state index contributed by atoms with van der Waals surface area (Å²) >= 11 is 0. The summed E-state index contributed by atoms with van der Waals surface area (Å²) in [7, 11) is 1.37. The Bertz CT molecular complexity index is 590. The quantitative estimate of drug-likeness (QED) is 0.611. The first-order chi connectivity index (χ1) is 9.93. The normalized spacial score (nSPS) is 18.8. The fourth-order valence-corrected chi connectivity index (χ4v) is 2.15. The second-order valence-corrected chi connectivity index (χ2v) is 4.45. The first kappa shape index (κ1) is 15.4. The van der Waals surface area contributed by atoms with E-state index in [0.717, 1.165) is 12.1 Å². The van der Waals surface area contributed by atoms with Crippen LogP contribution in [0.5, 0.6) is 0 Å². The van der Waals surface area contributed by atoms with Gasteiger partial charge < -0.3 is 25.6 Å². The number of hydrogen-bond acceptors (Lipinski definition) is 4. The van der Waals surface area contributed by atoms with Gasteiger partial charge in [0.05, 0.1) is 18.3 Å². The van der Waals surface area contributed by atoms with E-state index in [2.05, 4.69) is 10.6 Å². The number of urea groups is 1. The molecule has 0 bridgehead atoms. The highest BCUT2D eigenvalue weighted by atomic mass is 19.2. The van der Waals surface area contributed by atoms with Crippen LogP contribution >= 0.6 is 0 Å². The second-order valence-electron chi connectivity index (χ2n) is 4.45. The van der Waals surface area contributed by atoms with Gasteiger partial charge in [-0.2, -0.15) is 0 Å². The first-order valence-electron chi connectivity index (χ1n) is 6.04. The number of benzene rings is 1. The number of nitrogens with one attached hydrogen (secondary N) is 2. The Labute approximate surface area is 119 Å². The molecule has 0 aromatic heterocycles. The lowest BCUT2D eigenvalue weighted by Crippen LogP contribution is -2.47. The van der Waals surface area contributed by atoms with Crippen LogP contribution in [0.15, 0.2) is 29.5 Å². The summed E-state index contributed by atoms with van der Waals surface area (Å²) in [6.45, 7) is -0.0689. The van der Waals surface area contributed by atoms with Crippen LogP contribution in [0.1, 0.15) is 11.6 Å². The number of methoxy groups -OCH3 is 1. The third-order valence-corrected chi connectivity index (χ3v) is 3.04. The molecule has 0 saturated carbocycles. The van der Waals surface area contributed by atoms with Gasteiger partial charge in [0.25, 0.3) is 0 Å². The lowest BCUT2D eigenvalue weighted by Gasteiger charge is -2.31. The minimum atomic E-state index is -1.90. The molecule has 0 fully saturated rings. The summed E-state index contributed by atoms with van der Waals surface area (Å²) in [5.74, 6) is -2.13. The summed E-state index contributed by atoms with van der Waals surface area (Å²) in [6.07, 6.45) is -1.90. The molecule has 1 aliphatic rings. The van der Waals surface area contributed by atoms with Crippen molar-refractivity contribution in [2.75, 3.05) is 13.7 Å². The Morgan fingerprint density at radius 1 is 1.33 bits per heavy atom.